The Morgan fingerprint density at radius 3 is 1.50 bits per heavy atom. The van der Waals surface area contributed by atoms with Crippen molar-refractivity contribution in [3.8, 4) is 78.7 Å². The van der Waals surface area contributed by atoms with E-state index in [9.17, 15) is 0 Å². The highest BCUT2D eigenvalue weighted by Crippen LogP contribution is 2.40. The van der Waals surface area contributed by atoms with Gasteiger partial charge >= 0.3 is 0 Å². The van der Waals surface area contributed by atoms with Crippen LogP contribution >= 0.6 is 0 Å². The van der Waals surface area contributed by atoms with Crippen molar-refractivity contribution in [2.75, 3.05) is 0 Å². The van der Waals surface area contributed by atoms with Gasteiger partial charge in [0.25, 0.3) is 0 Å². The summed E-state index contributed by atoms with van der Waals surface area (Å²) in [4.78, 5) is 15.8. The molecule has 0 fully saturated rings. The summed E-state index contributed by atoms with van der Waals surface area (Å²) in [7, 11) is 0. The molecule has 0 saturated carbocycles. The van der Waals surface area contributed by atoms with Gasteiger partial charge in [0.2, 0.25) is 0 Å². The smallest absolute Gasteiger partial charge is 0.164 e. The second-order valence-corrected chi connectivity index (χ2v) is 14.8. The summed E-state index contributed by atoms with van der Waals surface area (Å²) in [5.41, 5.74) is 9.50. The average molecular weight is 769 g/mol. The molecule has 0 unspecified atom stereocenters. The lowest BCUT2D eigenvalue weighted by Gasteiger charge is -2.16. The molecule has 10 aromatic carbocycles. The van der Waals surface area contributed by atoms with Crippen molar-refractivity contribution in [2.24, 2.45) is 0 Å². The summed E-state index contributed by atoms with van der Waals surface area (Å²) in [6.07, 6.45) is 0. The fourth-order valence-electron chi connectivity index (χ4n) is 8.40. The summed E-state index contributed by atoms with van der Waals surface area (Å²) in [6.45, 7) is 0. The summed E-state index contributed by atoms with van der Waals surface area (Å²) in [5, 5.41) is 5.98. The summed E-state index contributed by atoms with van der Waals surface area (Å²) in [6, 6.07) is 64.4. The number of nitrogens with zero attached hydrogens (tertiary/aromatic N) is 3. The molecule has 0 aliphatic rings. The Morgan fingerprint density at radius 2 is 0.750 bits per heavy atom. The van der Waals surface area contributed by atoms with Gasteiger partial charge < -0.3 is 0 Å². The van der Waals surface area contributed by atoms with Gasteiger partial charge in [-0.25, -0.2) is 15.0 Å². The first-order valence-corrected chi connectivity index (χ1v) is 19.9. The minimum Gasteiger partial charge on any atom is -0.208 e. The lowest BCUT2D eigenvalue weighted by atomic mass is 9.90. The molecule has 1 aromatic heterocycles. The van der Waals surface area contributed by atoms with E-state index in [0.717, 1.165) is 82.4 Å². The van der Waals surface area contributed by atoms with Crippen molar-refractivity contribution >= 4 is 32.3 Å². The van der Waals surface area contributed by atoms with Crippen LogP contribution in [0.25, 0.3) is 111 Å². The fourth-order valence-corrected chi connectivity index (χ4v) is 8.40. The van der Waals surface area contributed by atoms with Gasteiger partial charge in [-0.2, -0.15) is 0 Å². The van der Waals surface area contributed by atoms with Crippen molar-refractivity contribution in [1.82, 2.24) is 15.0 Å². The van der Waals surface area contributed by atoms with Crippen LogP contribution in [0, 0.1) is 0 Å². The lowest BCUT2D eigenvalue weighted by Crippen LogP contribution is -2.01. The van der Waals surface area contributed by atoms with Crippen molar-refractivity contribution in [1.29, 1.82) is 0 Å². The molecule has 0 bridgehead atoms. The van der Waals surface area contributed by atoms with E-state index < -0.39 is 6.04 Å². The molecular formula is C57H37N3. The predicted octanol–water partition coefficient (Wildman–Crippen LogP) is 15.0. The monoisotopic (exact) mass is 768 g/mol. The molecule has 0 amide bonds. The normalized spacial score (nSPS) is 12.5. The molecule has 60 heavy (non-hydrogen) atoms. The summed E-state index contributed by atoms with van der Waals surface area (Å²) < 4.78 is 42.4. The highest BCUT2D eigenvalue weighted by atomic mass is 15.0. The maximum atomic E-state index is 8.75. The van der Waals surface area contributed by atoms with E-state index in [1.807, 2.05) is 84.9 Å². The first kappa shape index (κ1) is 30.1. The number of aromatic nitrogens is 3. The molecule has 11 aromatic rings. The van der Waals surface area contributed by atoms with Gasteiger partial charge in [0.1, 0.15) is 0 Å². The highest BCUT2D eigenvalue weighted by Gasteiger charge is 2.19. The molecule has 0 saturated heterocycles. The van der Waals surface area contributed by atoms with Crippen molar-refractivity contribution in [2.45, 2.75) is 0 Å². The van der Waals surface area contributed by atoms with Crippen LogP contribution in [0.1, 0.15) is 6.85 Å². The van der Waals surface area contributed by atoms with Crippen LogP contribution in [0.3, 0.4) is 0 Å². The Kier molecular flexibility index (Phi) is 7.56. The molecule has 0 radical (unpaired) electrons. The maximum absolute atomic E-state index is 8.75. The minimum absolute atomic E-state index is 0.172. The Balaban J connectivity index is 1.13. The topological polar surface area (TPSA) is 38.7 Å². The van der Waals surface area contributed by atoms with E-state index in [2.05, 4.69) is 109 Å². The third-order valence-corrected chi connectivity index (χ3v) is 11.2. The van der Waals surface area contributed by atoms with E-state index in [1.54, 1.807) is 0 Å². The number of benzene rings is 10. The highest BCUT2D eigenvalue weighted by molar-refractivity contribution is 6.07. The number of fused-ring (bicyclic) bond motifs is 3. The molecule has 0 N–H and O–H groups in total. The zero-order valence-electron chi connectivity index (χ0n) is 37.3. The number of hydrogen-bond acceptors (Lipinski definition) is 3. The number of rotatable bonds is 7. The first-order valence-electron chi connectivity index (χ1n) is 22.4. The molecule has 11 rings (SSSR count). The van der Waals surface area contributed by atoms with Crippen LogP contribution in [0.15, 0.2) is 224 Å². The summed E-state index contributed by atoms with van der Waals surface area (Å²) >= 11 is 0. The lowest BCUT2D eigenvalue weighted by molar-refractivity contribution is 1.08. The van der Waals surface area contributed by atoms with E-state index in [0.29, 0.717) is 23.0 Å². The van der Waals surface area contributed by atoms with Gasteiger partial charge in [0, 0.05) is 16.7 Å². The van der Waals surface area contributed by atoms with Crippen LogP contribution in [0.4, 0.5) is 0 Å². The van der Waals surface area contributed by atoms with Crippen molar-refractivity contribution in [3.05, 3.63) is 224 Å². The Hall–Kier alpha value is -8.01. The van der Waals surface area contributed by atoms with Crippen molar-refractivity contribution in [3.63, 3.8) is 0 Å². The van der Waals surface area contributed by atoms with Crippen LogP contribution in [0.5, 0.6) is 0 Å². The third kappa shape index (κ3) is 6.39. The Bertz CT molecular complexity index is 3630. The predicted molar refractivity (Wildman–Crippen MR) is 250 cm³/mol. The molecular weight excluding hydrogens is 727 g/mol. The molecule has 0 aliphatic carbocycles. The standard InChI is InChI=1S/C57H37N3/c1-4-17-38(18-5-1)46-30-16-31-51-53(41-21-8-3-9-22-41)36-44(37-54(46)51)56-58-55(59-57(60-56)52-32-15-24-40-23-10-11-27-45(40)52)43-26-14-25-42(35-43)48-34-33-47(39-19-6-2-7-20-39)49-28-12-13-29-50(48)49/h1-37H/i2D,6D,7D,19D,20D. The Morgan fingerprint density at radius 1 is 0.267 bits per heavy atom. The van der Waals surface area contributed by atoms with Crippen LogP contribution in [-0.2, 0) is 0 Å². The van der Waals surface area contributed by atoms with Crippen LogP contribution in [0.2, 0.25) is 0 Å². The maximum Gasteiger partial charge on any atom is 0.164 e. The summed E-state index contributed by atoms with van der Waals surface area (Å²) in [5.74, 6) is 1.61. The third-order valence-electron chi connectivity index (χ3n) is 11.2. The van der Waals surface area contributed by atoms with E-state index >= 15 is 0 Å². The van der Waals surface area contributed by atoms with Gasteiger partial charge in [-0.15, -0.1) is 0 Å². The van der Waals surface area contributed by atoms with E-state index in [4.69, 9.17) is 21.8 Å². The second kappa shape index (κ2) is 15.1. The number of hydrogen-bond donors (Lipinski definition) is 0. The molecule has 0 spiro atoms. The quantitative estimate of drug-likeness (QED) is 0.162. The molecule has 1 heterocycles. The first-order chi connectivity index (χ1) is 31.8. The van der Waals surface area contributed by atoms with Crippen LogP contribution in [-0.4, -0.2) is 15.0 Å². The molecule has 3 heteroatoms. The van der Waals surface area contributed by atoms with Gasteiger partial charge in [-0.3, -0.25) is 0 Å². The van der Waals surface area contributed by atoms with Crippen molar-refractivity contribution < 1.29 is 6.85 Å². The fraction of sp³-hybridized carbons (Fsp3) is 0. The van der Waals surface area contributed by atoms with Gasteiger partial charge in [0.15, 0.2) is 17.5 Å². The average Bonchev–Trinajstić information content (AvgIpc) is 3.37. The van der Waals surface area contributed by atoms with Gasteiger partial charge in [-0.1, -0.05) is 206 Å². The molecule has 0 aliphatic heterocycles. The molecule has 0 atom stereocenters. The van der Waals surface area contributed by atoms with E-state index in [-0.39, 0.29) is 29.7 Å². The van der Waals surface area contributed by atoms with E-state index in [1.165, 1.54) is 0 Å². The zero-order valence-corrected chi connectivity index (χ0v) is 32.3. The minimum atomic E-state index is -0.416. The second-order valence-electron chi connectivity index (χ2n) is 14.8. The van der Waals surface area contributed by atoms with Gasteiger partial charge in [0.05, 0.1) is 6.85 Å². The largest absolute Gasteiger partial charge is 0.208 e. The molecule has 280 valence electrons. The van der Waals surface area contributed by atoms with Crippen LogP contribution < -0.4 is 0 Å². The molecule has 3 nitrogen and oxygen atoms in total. The van der Waals surface area contributed by atoms with Gasteiger partial charge in [-0.05, 0) is 95.0 Å². The zero-order chi connectivity index (χ0) is 44.2. The Labute approximate surface area is 356 Å². The SMILES string of the molecule is [2H]c1c([2H])c([2H])c(-c2ccc(-c3cccc(-c4nc(-c5cc(-c6ccccc6)c6cccc(-c7ccccc7)c6c5)nc(-c5cccc6ccccc56)n4)c3)c3ccccc23)c([2H])c1[2H].